The van der Waals surface area contributed by atoms with Crippen LogP contribution in [0, 0.1) is 5.92 Å². The van der Waals surface area contributed by atoms with Crippen molar-refractivity contribution in [3.05, 3.63) is 52.7 Å². The molecule has 37 heavy (non-hydrogen) atoms. The van der Waals surface area contributed by atoms with Crippen LogP contribution < -0.4 is 4.90 Å². The summed E-state index contributed by atoms with van der Waals surface area (Å²) >= 11 is 6.23. The summed E-state index contributed by atoms with van der Waals surface area (Å²) in [6, 6.07) is 7.77. The number of ketones is 1. The van der Waals surface area contributed by atoms with Crippen LogP contribution in [0.25, 0.3) is 0 Å². The highest BCUT2D eigenvalue weighted by molar-refractivity contribution is 7.90. The maximum Gasteiger partial charge on any atom is 0.222 e. The van der Waals surface area contributed by atoms with E-state index in [1.807, 2.05) is 4.90 Å². The van der Waals surface area contributed by atoms with E-state index in [4.69, 9.17) is 11.6 Å². The number of pyridine rings is 1. The second-order valence-electron chi connectivity index (χ2n) is 10.2. The summed E-state index contributed by atoms with van der Waals surface area (Å²) in [5, 5.41) is 0.461. The van der Waals surface area contributed by atoms with Gasteiger partial charge in [-0.05, 0) is 57.0 Å². The van der Waals surface area contributed by atoms with Gasteiger partial charge >= 0.3 is 0 Å². The molecular formula is C27H35ClN4O4S. The summed E-state index contributed by atoms with van der Waals surface area (Å²) in [5.41, 5.74) is 1.18. The highest BCUT2D eigenvalue weighted by atomic mass is 35.5. The number of nitrogens with zero attached hydrogens (tertiary/aromatic N) is 4. The van der Waals surface area contributed by atoms with Crippen LogP contribution in [0.3, 0.4) is 0 Å². The smallest absolute Gasteiger partial charge is 0.222 e. The molecule has 2 fully saturated rings. The molecule has 2 aliphatic heterocycles. The molecule has 1 amide bonds. The lowest BCUT2D eigenvalue weighted by Crippen LogP contribution is -2.39. The SMILES string of the molecule is CN1CCCN(C(=O)CC2CCN(c3ncc(Cl)cc3CC(=O)c3ccc(S(C)(=O)=O)cc3)CC2)CC1. The van der Waals surface area contributed by atoms with Crippen LogP contribution in [0.4, 0.5) is 5.82 Å². The summed E-state index contributed by atoms with van der Waals surface area (Å²) in [6.07, 6.45) is 6.24. The molecule has 0 unspecified atom stereocenters. The molecule has 10 heteroatoms. The molecule has 0 saturated carbocycles. The van der Waals surface area contributed by atoms with Crippen molar-refractivity contribution in [3.8, 4) is 0 Å². The summed E-state index contributed by atoms with van der Waals surface area (Å²) in [4.78, 5) is 37.1. The van der Waals surface area contributed by atoms with Crippen molar-refractivity contribution in [2.75, 3.05) is 57.5 Å². The Kier molecular flexibility index (Phi) is 8.87. The number of carbonyl (C=O) groups is 2. The Labute approximate surface area is 224 Å². The number of likely N-dealkylation sites (N-methyl/N-ethyl adjacent to an activating group) is 1. The van der Waals surface area contributed by atoms with E-state index in [2.05, 4.69) is 21.8 Å². The fourth-order valence-electron chi connectivity index (χ4n) is 5.07. The molecule has 8 nitrogen and oxygen atoms in total. The summed E-state index contributed by atoms with van der Waals surface area (Å²) in [5.74, 6) is 1.21. The molecule has 3 heterocycles. The van der Waals surface area contributed by atoms with Crippen molar-refractivity contribution in [1.29, 1.82) is 0 Å². The minimum absolute atomic E-state index is 0.114. The molecule has 2 aliphatic rings. The molecule has 0 atom stereocenters. The number of amides is 1. The standard InChI is InChI=1S/C27H35ClN4O4S/c1-30-10-3-11-31(15-14-30)26(34)16-20-8-12-32(13-9-20)27-22(17-23(28)19-29-27)18-25(33)21-4-6-24(7-5-21)37(2,35)36/h4-7,17,19-20H,3,8-16,18H2,1-2H3. The Morgan fingerprint density at radius 3 is 2.41 bits per heavy atom. The Bertz CT molecular complexity index is 1230. The third-order valence-corrected chi connectivity index (χ3v) is 8.65. The van der Waals surface area contributed by atoms with Gasteiger partial charge in [-0.3, -0.25) is 9.59 Å². The lowest BCUT2D eigenvalue weighted by Gasteiger charge is -2.34. The van der Waals surface area contributed by atoms with Gasteiger partial charge in [-0.15, -0.1) is 0 Å². The van der Waals surface area contributed by atoms with Crippen molar-refractivity contribution < 1.29 is 18.0 Å². The van der Waals surface area contributed by atoms with Crippen LogP contribution in [-0.4, -0.2) is 87.5 Å². The van der Waals surface area contributed by atoms with E-state index in [-0.39, 0.29) is 23.0 Å². The van der Waals surface area contributed by atoms with Gasteiger partial charge in [-0.2, -0.15) is 0 Å². The van der Waals surface area contributed by atoms with E-state index in [1.165, 1.54) is 12.1 Å². The molecule has 1 aromatic carbocycles. The third kappa shape index (κ3) is 7.30. The van der Waals surface area contributed by atoms with Gasteiger partial charge < -0.3 is 14.7 Å². The van der Waals surface area contributed by atoms with Gasteiger partial charge in [0.2, 0.25) is 5.91 Å². The number of carbonyl (C=O) groups excluding carboxylic acids is 2. The zero-order chi connectivity index (χ0) is 26.6. The number of piperidine rings is 1. The lowest BCUT2D eigenvalue weighted by atomic mass is 9.92. The molecule has 4 rings (SSSR count). The second-order valence-corrected chi connectivity index (χ2v) is 12.7. The number of Topliss-reactive ketones (excluding diaryl/α,β-unsaturated/α-hetero) is 1. The number of halogens is 1. The molecular weight excluding hydrogens is 512 g/mol. The maximum atomic E-state index is 13.0. The Hall–Kier alpha value is -2.49. The van der Waals surface area contributed by atoms with Crippen molar-refractivity contribution in [2.24, 2.45) is 5.92 Å². The first-order valence-corrected chi connectivity index (χ1v) is 15.1. The summed E-state index contributed by atoms with van der Waals surface area (Å²) < 4.78 is 23.4. The van der Waals surface area contributed by atoms with Gasteiger partial charge in [0.1, 0.15) is 5.82 Å². The van der Waals surface area contributed by atoms with Gasteiger partial charge in [0.05, 0.1) is 9.92 Å². The highest BCUT2D eigenvalue weighted by Gasteiger charge is 2.27. The number of sulfone groups is 1. The van der Waals surface area contributed by atoms with E-state index < -0.39 is 9.84 Å². The number of anilines is 1. The van der Waals surface area contributed by atoms with E-state index in [9.17, 15) is 18.0 Å². The van der Waals surface area contributed by atoms with Gasteiger partial charge in [-0.25, -0.2) is 13.4 Å². The minimum atomic E-state index is -3.32. The maximum absolute atomic E-state index is 13.0. The molecule has 0 N–H and O–H groups in total. The highest BCUT2D eigenvalue weighted by Crippen LogP contribution is 2.29. The molecule has 1 aromatic heterocycles. The minimum Gasteiger partial charge on any atom is -0.356 e. The average Bonchev–Trinajstić information content (AvgIpc) is 3.09. The predicted molar refractivity (Wildman–Crippen MR) is 145 cm³/mol. The van der Waals surface area contributed by atoms with Crippen molar-refractivity contribution in [1.82, 2.24) is 14.8 Å². The molecule has 2 saturated heterocycles. The normalized spacial score (nSPS) is 18.0. The van der Waals surface area contributed by atoms with Crippen molar-refractivity contribution in [2.45, 2.75) is 37.0 Å². The second kappa shape index (κ2) is 11.9. The van der Waals surface area contributed by atoms with Crippen LogP contribution in [0.2, 0.25) is 5.02 Å². The molecule has 0 bridgehead atoms. The number of aromatic nitrogens is 1. The summed E-state index contributed by atoms with van der Waals surface area (Å²) in [7, 11) is -1.22. The van der Waals surface area contributed by atoms with E-state index in [0.717, 1.165) is 76.2 Å². The van der Waals surface area contributed by atoms with E-state index in [0.29, 0.717) is 22.9 Å². The van der Waals surface area contributed by atoms with Crippen LogP contribution >= 0.6 is 11.6 Å². The van der Waals surface area contributed by atoms with Gasteiger partial charge in [-0.1, -0.05) is 23.7 Å². The Morgan fingerprint density at radius 1 is 1.03 bits per heavy atom. The first-order valence-electron chi connectivity index (χ1n) is 12.8. The fourth-order valence-corrected chi connectivity index (χ4v) is 5.88. The molecule has 200 valence electrons. The van der Waals surface area contributed by atoms with Gasteiger partial charge in [0.15, 0.2) is 15.6 Å². The number of hydrogen-bond donors (Lipinski definition) is 0. The average molecular weight is 547 g/mol. The van der Waals surface area contributed by atoms with Crippen LogP contribution in [0.15, 0.2) is 41.4 Å². The lowest BCUT2D eigenvalue weighted by molar-refractivity contribution is -0.132. The third-order valence-electron chi connectivity index (χ3n) is 7.31. The van der Waals surface area contributed by atoms with Crippen LogP contribution in [-0.2, 0) is 21.1 Å². The topological polar surface area (TPSA) is 90.9 Å². The molecule has 2 aromatic rings. The molecule has 0 radical (unpaired) electrons. The number of rotatable bonds is 7. The summed E-state index contributed by atoms with van der Waals surface area (Å²) in [6.45, 7) is 5.13. The van der Waals surface area contributed by atoms with Crippen LogP contribution in [0.5, 0.6) is 0 Å². The Morgan fingerprint density at radius 2 is 1.73 bits per heavy atom. The monoisotopic (exact) mass is 546 g/mol. The number of hydrogen-bond acceptors (Lipinski definition) is 7. The Balaban J connectivity index is 1.37. The first kappa shape index (κ1) is 27.5. The fraction of sp³-hybridized carbons (Fsp3) is 0.519. The largest absolute Gasteiger partial charge is 0.356 e. The predicted octanol–water partition coefficient (Wildman–Crippen LogP) is 3.33. The zero-order valence-corrected chi connectivity index (χ0v) is 23.1. The first-order chi connectivity index (χ1) is 17.6. The van der Waals surface area contributed by atoms with E-state index >= 15 is 0 Å². The zero-order valence-electron chi connectivity index (χ0n) is 21.5. The van der Waals surface area contributed by atoms with Crippen LogP contribution in [0.1, 0.15) is 41.6 Å². The van der Waals surface area contributed by atoms with Gasteiger partial charge in [0, 0.05) is 69.1 Å². The van der Waals surface area contributed by atoms with Gasteiger partial charge in [0.25, 0.3) is 0 Å². The quantitative estimate of drug-likeness (QED) is 0.492. The molecule has 0 aliphatic carbocycles. The van der Waals surface area contributed by atoms with Crippen molar-refractivity contribution >= 4 is 38.9 Å². The van der Waals surface area contributed by atoms with E-state index in [1.54, 1.807) is 24.4 Å². The number of benzene rings is 1. The molecule has 0 spiro atoms. The van der Waals surface area contributed by atoms with Crippen molar-refractivity contribution in [3.63, 3.8) is 0 Å².